The summed E-state index contributed by atoms with van der Waals surface area (Å²) < 4.78 is 27.0. The molecule has 112 valence electrons. The van der Waals surface area contributed by atoms with Crippen molar-refractivity contribution < 1.29 is 13.6 Å². The SMILES string of the molecule is Cc1c(C(=O)Nc2ccc(Cl)cc2F)[nH]c2ccc(F)cc12. The molecule has 2 N–H and O–H groups in total. The summed E-state index contributed by atoms with van der Waals surface area (Å²) in [4.78, 5) is 15.2. The summed E-state index contributed by atoms with van der Waals surface area (Å²) in [6.45, 7) is 1.70. The Kier molecular flexibility index (Phi) is 3.58. The topological polar surface area (TPSA) is 44.9 Å². The van der Waals surface area contributed by atoms with Gasteiger partial charge in [0.15, 0.2) is 0 Å². The molecule has 1 heterocycles. The summed E-state index contributed by atoms with van der Waals surface area (Å²) in [5.41, 5.74) is 1.52. The second-order valence-corrected chi connectivity index (χ2v) is 5.33. The number of nitrogens with one attached hydrogen (secondary N) is 2. The van der Waals surface area contributed by atoms with Crippen LogP contribution in [0.25, 0.3) is 10.9 Å². The molecule has 1 aromatic heterocycles. The lowest BCUT2D eigenvalue weighted by Crippen LogP contribution is -2.14. The molecule has 3 aromatic rings. The number of amides is 1. The second-order valence-electron chi connectivity index (χ2n) is 4.89. The molecular formula is C16H11ClF2N2O. The Bertz CT molecular complexity index is 889. The zero-order valence-electron chi connectivity index (χ0n) is 11.5. The fourth-order valence-electron chi connectivity index (χ4n) is 2.30. The number of aromatic amines is 1. The Hall–Kier alpha value is -2.40. The summed E-state index contributed by atoms with van der Waals surface area (Å²) in [6.07, 6.45) is 0. The Morgan fingerprint density at radius 2 is 1.95 bits per heavy atom. The van der Waals surface area contributed by atoms with E-state index in [1.54, 1.807) is 13.0 Å². The highest BCUT2D eigenvalue weighted by Crippen LogP contribution is 2.24. The highest BCUT2D eigenvalue weighted by atomic mass is 35.5. The molecule has 0 spiro atoms. The van der Waals surface area contributed by atoms with Crippen molar-refractivity contribution in [3.8, 4) is 0 Å². The molecule has 1 amide bonds. The number of fused-ring (bicyclic) bond motifs is 1. The van der Waals surface area contributed by atoms with Gasteiger partial charge in [0.2, 0.25) is 0 Å². The smallest absolute Gasteiger partial charge is 0.272 e. The zero-order valence-corrected chi connectivity index (χ0v) is 12.3. The zero-order chi connectivity index (χ0) is 15.9. The van der Waals surface area contributed by atoms with Crippen molar-refractivity contribution in [3.05, 3.63) is 64.3 Å². The van der Waals surface area contributed by atoms with Crippen molar-refractivity contribution in [1.29, 1.82) is 0 Å². The predicted molar refractivity (Wildman–Crippen MR) is 82.4 cm³/mol. The third kappa shape index (κ3) is 2.55. The molecule has 0 aliphatic heterocycles. The number of carbonyl (C=O) groups is 1. The van der Waals surface area contributed by atoms with Gasteiger partial charge in [-0.15, -0.1) is 0 Å². The van der Waals surface area contributed by atoms with Crippen LogP contribution in [0.1, 0.15) is 16.1 Å². The highest BCUT2D eigenvalue weighted by Gasteiger charge is 2.16. The Morgan fingerprint density at radius 1 is 1.18 bits per heavy atom. The first kappa shape index (κ1) is 14.5. The third-order valence-electron chi connectivity index (χ3n) is 3.43. The Balaban J connectivity index is 1.97. The molecule has 0 saturated carbocycles. The maximum Gasteiger partial charge on any atom is 0.272 e. The van der Waals surface area contributed by atoms with Crippen LogP contribution in [0.2, 0.25) is 5.02 Å². The molecule has 0 bridgehead atoms. The molecule has 3 rings (SSSR count). The van der Waals surface area contributed by atoms with Gasteiger partial charge in [-0.3, -0.25) is 4.79 Å². The van der Waals surface area contributed by atoms with E-state index in [1.165, 1.54) is 24.3 Å². The highest BCUT2D eigenvalue weighted by molar-refractivity contribution is 6.30. The van der Waals surface area contributed by atoms with Gasteiger partial charge in [0.05, 0.1) is 5.69 Å². The number of aryl methyl sites for hydroxylation is 1. The molecule has 2 aromatic carbocycles. The summed E-state index contributed by atoms with van der Waals surface area (Å²) in [5.74, 6) is -1.51. The third-order valence-corrected chi connectivity index (χ3v) is 3.66. The largest absolute Gasteiger partial charge is 0.350 e. The van der Waals surface area contributed by atoms with Crippen LogP contribution in [-0.4, -0.2) is 10.9 Å². The van der Waals surface area contributed by atoms with E-state index in [9.17, 15) is 13.6 Å². The lowest BCUT2D eigenvalue weighted by Gasteiger charge is -2.06. The number of hydrogen-bond acceptors (Lipinski definition) is 1. The fraction of sp³-hybridized carbons (Fsp3) is 0.0625. The van der Waals surface area contributed by atoms with Gasteiger partial charge < -0.3 is 10.3 Å². The molecule has 0 radical (unpaired) electrons. The minimum Gasteiger partial charge on any atom is -0.350 e. The molecule has 0 fully saturated rings. The Labute approximate surface area is 129 Å². The van der Waals surface area contributed by atoms with Crippen LogP contribution in [0.4, 0.5) is 14.5 Å². The van der Waals surface area contributed by atoms with Crippen molar-refractivity contribution in [1.82, 2.24) is 4.98 Å². The van der Waals surface area contributed by atoms with E-state index >= 15 is 0 Å². The number of hydrogen-bond donors (Lipinski definition) is 2. The normalized spacial score (nSPS) is 10.9. The number of benzene rings is 2. The van der Waals surface area contributed by atoms with Gasteiger partial charge in [-0.2, -0.15) is 0 Å². The number of anilines is 1. The summed E-state index contributed by atoms with van der Waals surface area (Å²) in [7, 11) is 0. The first-order chi connectivity index (χ1) is 10.5. The molecule has 0 aliphatic rings. The second kappa shape index (κ2) is 5.42. The average Bonchev–Trinajstić information content (AvgIpc) is 2.79. The van der Waals surface area contributed by atoms with Crippen LogP contribution in [-0.2, 0) is 0 Å². The van der Waals surface area contributed by atoms with Crippen molar-refractivity contribution >= 4 is 34.1 Å². The van der Waals surface area contributed by atoms with E-state index in [2.05, 4.69) is 10.3 Å². The lowest BCUT2D eigenvalue weighted by molar-refractivity contribution is 0.102. The minimum absolute atomic E-state index is 0.0265. The van der Waals surface area contributed by atoms with Crippen LogP contribution in [0.15, 0.2) is 36.4 Å². The van der Waals surface area contributed by atoms with Crippen molar-refractivity contribution in [2.75, 3.05) is 5.32 Å². The van der Waals surface area contributed by atoms with Gasteiger partial charge in [0.1, 0.15) is 17.3 Å². The molecular weight excluding hydrogens is 310 g/mol. The molecule has 0 aliphatic carbocycles. The van der Waals surface area contributed by atoms with E-state index in [1.807, 2.05) is 0 Å². The van der Waals surface area contributed by atoms with Gasteiger partial charge in [-0.1, -0.05) is 11.6 Å². The number of aromatic nitrogens is 1. The first-order valence-electron chi connectivity index (χ1n) is 6.50. The maximum absolute atomic E-state index is 13.7. The number of halogens is 3. The molecule has 6 heteroatoms. The lowest BCUT2D eigenvalue weighted by atomic mass is 10.1. The van der Waals surface area contributed by atoms with Gasteiger partial charge in [0, 0.05) is 15.9 Å². The van der Waals surface area contributed by atoms with E-state index in [0.717, 1.165) is 6.07 Å². The summed E-state index contributed by atoms with van der Waals surface area (Å²) in [5, 5.41) is 3.33. The van der Waals surface area contributed by atoms with Gasteiger partial charge in [-0.25, -0.2) is 8.78 Å². The summed E-state index contributed by atoms with van der Waals surface area (Å²) >= 11 is 5.67. The molecule has 0 unspecified atom stereocenters. The predicted octanol–water partition coefficient (Wildman–Crippen LogP) is 4.66. The first-order valence-corrected chi connectivity index (χ1v) is 6.88. The van der Waals surface area contributed by atoms with Crippen molar-refractivity contribution in [3.63, 3.8) is 0 Å². The van der Waals surface area contributed by atoms with E-state index in [-0.39, 0.29) is 22.2 Å². The minimum atomic E-state index is -0.624. The van der Waals surface area contributed by atoms with Gasteiger partial charge >= 0.3 is 0 Å². The van der Waals surface area contributed by atoms with Crippen molar-refractivity contribution in [2.45, 2.75) is 6.92 Å². The molecule has 0 atom stereocenters. The van der Waals surface area contributed by atoms with E-state index < -0.39 is 11.7 Å². The van der Waals surface area contributed by atoms with Gasteiger partial charge in [0.25, 0.3) is 5.91 Å². The van der Waals surface area contributed by atoms with Crippen LogP contribution in [0, 0.1) is 18.6 Å². The summed E-state index contributed by atoms with van der Waals surface area (Å²) in [6, 6.07) is 8.18. The van der Waals surface area contributed by atoms with Crippen LogP contribution >= 0.6 is 11.6 Å². The molecule has 3 nitrogen and oxygen atoms in total. The number of H-pyrrole nitrogens is 1. The number of rotatable bonds is 2. The quantitative estimate of drug-likeness (QED) is 0.708. The average molecular weight is 321 g/mol. The van der Waals surface area contributed by atoms with Crippen LogP contribution in [0.5, 0.6) is 0 Å². The van der Waals surface area contributed by atoms with Crippen LogP contribution in [0.3, 0.4) is 0 Å². The van der Waals surface area contributed by atoms with E-state index in [4.69, 9.17) is 11.6 Å². The number of carbonyl (C=O) groups excluding carboxylic acids is 1. The van der Waals surface area contributed by atoms with E-state index in [0.29, 0.717) is 16.5 Å². The monoisotopic (exact) mass is 320 g/mol. The molecule has 0 saturated heterocycles. The standard InChI is InChI=1S/C16H11ClF2N2O/c1-8-11-7-10(18)3-5-13(11)20-15(8)16(22)21-14-4-2-9(17)6-12(14)19/h2-7,20H,1H3,(H,21,22). The van der Waals surface area contributed by atoms with Gasteiger partial charge in [-0.05, 0) is 48.9 Å². The van der Waals surface area contributed by atoms with Crippen LogP contribution < -0.4 is 5.32 Å². The Morgan fingerprint density at radius 3 is 2.68 bits per heavy atom. The molecule has 22 heavy (non-hydrogen) atoms. The fourth-order valence-corrected chi connectivity index (χ4v) is 2.46. The maximum atomic E-state index is 13.7. The van der Waals surface area contributed by atoms with Crippen molar-refractivity contribution in [2.24, 2.45) is 0 Å².